The lowest BCUT2D eigenvalue weighted by molar-refractivity contribution is 0.0601. The van der Waals surface area contributed by atoms with Gasteiger partial charge in [-0.25, -0.2) is 14.8 Å². The Morgan fingerprint density at radius 3 is 2.83 bits per heavy atom. The Balaban J connectivity index is 1.55. The summed E-state index contributed by atoms with van der Waals surface area (Å²) in [7, 11) is 3.08. The molecule has 0 spiro atoms. The van der Waals surface area contributed by atoms with E-state index in [0.717, 1.165) is 17.2 Å². The van der Waals surface area contributed by atoms with Gasteiger partial charge >= 0.3 is 6.03 Å². The van der Waals surface area contributed by atoms with Crippen molar-refractivity contribution < 1.29 is 19.0 Å². The molecule has 0 bridgehead atoms. The van der Waals surface area contributed by atoms with Crippen LogP contribution in [-0.4, -0.2) is 49.5 Å². The van der Waals surface area contributed by atoms with Gasteiger partial charge in [-0.15, -0.1) is 0 Å². The van der Waals surface area contributed by atoms with Crippen LogP contribution < -0.4 is 20.1 Å². The molecule has 0 saturated heterocycles. The van der Waals surface area contributed by atoms with Gasteiger partial charge in [-0.2, -0.15) is 0 Å². The van der Waals surface area contributed by atoms with Gasteiger partial charge in [-0.3, -0.25) is 5.32 Å². The third kappa shape index (κ3) is 6.34. The van der Waals surface area contributed by atoms with Crippen LogP contribution in [0.1, 0.15) is 35.9 Å². The molecule has 30 heavy (non-hydrogen) atoms. The van der Waals surface area contributed by atoms with Crippen LogP contribution in [0.3, 0.4) is 0 Å². The highest BCUT2D eigenvalue weighted by Crippen LogP contribution is 2.29. The molecule has 0 radical (unpaired) electrons. The van der Waals surface area contributed by atoms with Gasteiger partial charge in [0, 0.05) is 31.0 Å². The van der Waals surface area contributed by atoms with E-state index in [0.29, 0.717) is 34.8 Å². The second-order valence-electron chi connectivity index (χ2n) is 7.04. The van der Waals surface area contributed by atoms with E-state index in [1.54, 1.807) is 19.4 Å². The standard InChI is InChI=1S/C21H26N4O4S/c1-13(29-12-15-5-6-15)10-23-20(26)25-21-24-14(2)18(30-21)8-7-16-9-17(27-3)19(28-4)22-11-16/h9,11,13,15H,5-6,10,12H2,1-4H3,(H2,23,24,25,26)/t13-/m0/s1. The molecule has 160 valence electrons. The van der Waals surface area contributed by atoms with Gasteiger partial charge in [-0.05, 0) is 38.5 Å². The zero-order valence-electron chi connectivity index (χ0n) is 17.6. The van der Waals surface area contributed by atoms with Crippen LogP contribution in [0.5, 0.6) is 11.6 Å². The summed E-state index contributed by atoms with van der Waals surface area (Å²) in [6.45, 7) is 5.02. The minimum absolute atomic E-state index is 0.0223. The summed E-state index contributed by atoms with van der Waals surface area (Å²) in [5, 5.41) is 6.05. The second-order valence-corrected chi connectivity index (χ2v) is 8.04. The monoisotopic (exact) mass is 430 g/mol. The molecule has 8 nitrogen and oxygen atoms in total. The maximum atomic E-state index is 12.1. The fraction of sp³-hybridized carbons (Fsp3) is 0.476. The van der Waals surface area contributed by atoms with Crippen molar-refractivity contribution in [3.05, 3.63) is 28.4 Å². The average Bonchev–Trinajstić information content (AvgIpc) is 3.51. The third-order valence-electron chi connectivity index (χ3n) is 4.43. The number of anilines is 1. The van der Waals surface area contributed by atoms with Crippen molar-refractivity contribution in [2.24, 2.45) is 5.92 Å². The summed E-state index contributed by atoms with van der Waals surface area (Å²) in [6.07, 6.45) is 4.09. The first-order valence-corrected chi connectivity index (χ1v) is 10.5. The number of amides is 2. The number of nitrogens with one attached hydrogen (secondary N) is 2. The molecule has 2 N–H and O–H groups in total. The number of methoxy groups -OCH3 is 2. The molecule has 1 atom stereocenters. The van der Waals surface area contributed by atoms with Crippen molar-refractivity contribution in [1.29, 1.82) is 0 Å². The minimum atomic E-state index is -0.311. The first-order chi connectivity index (χ1) is 14.5. The van der Waals surface area contributed by atoms with Crippen LogP contribution >= 0.6 is 11.3 Å². The maximum absolute atomic E-state index is 12.1. The number of thiazole rings is 1. The Bertz CT molecular complexity index is 946. The molecule has 0 aliphatic heterocycles. The maximum Gasteiger partial charge on any atom is 0.321 e. The van der Waals surface area contributed by atoms with Crippen LogP contribution in [0.15, 0.2) is 12.3 Å². The molecule has 1 saturated carbocycles. The highest BCUT2D eigenvalue weighted by atomic mass is 32.1. The topological polar surface area (TPSA) is 94.6 Å². The van der Waals surface area contributed by atoms with Gasteiger partial charge in [0.05, 0.1) is 26.0 Å². The molecular weight excluding hydrogens is 404 g/mol. The molecule has 0 aromatic carbocycles. The Kier molecular flexibility index (Phi) is 7.49. The summed E-state index contributed by atoms with van der Waals surface area (Å²) in [5.41, 5.74) is 1.44. The summed E-state index contributed by atoms with van der Waals surface area (Å²) in [4.78, 5) is 21.4. The van der Waals surface area contributed by atoms with Crippen LogP contribution in [-0.2, 0) is 4.74 Å². The van der Waals surface area contributed by atoms with Crippen molar-refractivity contribution in [2.45, 2.75) is 32.8 Å². The zero-order valence-corrected chi connectivity index (χ0v) is 18.4. The van der Waals surface area contributed by atoms with E-state index in [-0.39, 0.29) is 12.1 Å². The second kappa shape index (κ2) is 10.3. The number of nitrogens with zero attached hydrogens (tertiary/aromatic N) is 2. The zero-order chi connectivity index (χ0) is 21.5. The van der Waals surface area contributed by atoms with Crippen molar-refractivity contribution in [3.8, 4) is 23.5 Å². The molecule has 2 heterocycles. The lowest BCUT2D eigenvalue weighted by atomic mass is 10.2. The van der Waals surface area contributed by atoms with E-state index >= 15 is 0 Å². The Morgan fingerprint density at radius 1 is 1.33 bits per heavy atom. The van der Waals surface area contributed by atoms with Gasteiger partial charge < -0.3 is 19.5 Å². The lowest BCUT2D eigenvalue weighted by Gasteiger charge is -2.13. The van der Waals surface area contributed by atoms with Crippen molar-refractivity contribution >= 4 is 22.5 Å². The molecular formula is C21H26N4O4S. The molecule has 2 aromatic rings. The van der Waals surface area contributed by atoms with Gasteiger partial charge in [0.2, 0.25) is 0 Å². The van der Waals surface area contributed by atoms with E-state index in [1.807, 2.05) is 13.8 Å². The van der Waals surface area contributed by atoms with Crippen molar-refractivity contribution in [1.82, 2.24) is 15.3 Å². The van der Waals surface area contributed by atoms with E-state index in [9.17, 15) is 4.79 Å². The number of ether oxygens (including phenoxy) is 3. The van der Waals surface area contributed by atoms with Gasteiger partial charge in [0.25, 0.3) is 5.88 Å². The van der Waals surface area contributed by atoms with Crippen LogP contribution in [0, 0.1) is 24.7 Å². The smallest absolute Gasteiger partial charge is 0.321 e. The lowest BCUT2D eigenvalue weighted by Crippen LogP contribution is -2.35. The molecule has 9 heteroatoms. The molecule has 2 aromatic heterocycles. The predicted molar refractivity (Wildman–Crippen MR) is 115 cm³/mol. The number of hydrogen-bond acceptors (Lipinski definition) is 7. The quantitative estimate of drug-likeness (QED) is 0.625. The number of rotatable bonds is 8. The third-order valence-corrected chi connectivity index (χ3v) is 5.42. The SMILES string of the molecule is COc1cc(C#Cc2sc(NC(=O)NC[C@H](C)OCC3CC3)nc2C)cnc1OC. The Hall–Kier alpha value is -2.83. The van der Waals surface area contributed by atoms with E-state index in [2.05, 4.69) is 32.4 Å². The first-order valence-electron chi connectivity index (χ1n) is 9.72. The van der Waals surface area contributed by atoms with E-state index in [4.69, 9.17) is 14.2 Å². The van der Waals surface area contributed by atoms with Crippen molar-refractivity contribution in [3.63, 3.8) is 0 Å². The number of aromatic nitrogens is 2. The molecule has 3 rings (SSSR count). The van der Waals surface area contributed by atoms with Gasteiger partial charge in [-0.1, -0.05) is 17.3 Å². The van der Waals surface area contributed by atoms with Crippen LogP contribution in [0.4, 0.5) is 9.93 Å². The van der Waals surface area contributed by atoms with E-state index in [1.165, 1.54) is 31.3 Å². The van der Waals surface area contributed by atoms with Crippen LogP contribution in [0.25, 0.3) is 0 Å². The number of urea groups is 1. The molecule has 1 aliphatic carbocycles. The van der Waals surface area contributed by atoms with E-state index < -0.39 is 0 Å². The first kappa shape index (κ1) is 21.9. The molecule has 0 unspecified atom stereocenters. The minimum Gasteiger partial charge on any atom is -0.491 e. The number of aryl methyl sites for hydroxylation is 1. The molecule has 1 fully saturated rings. The molecule has 2 amide bonds. The molecule has 1 aliphatic rings. The average molecular weight is 431 g/mol. The normalized spacial score (nSPS) is 13.7. The number of carbonyl (C=O) groups excluding carboxylic acids is 1. The van der Waals surface area contributed by atoms with Crippen LogP contribution in [0.2, 0.25) is 0 Å². The highest BCUT2D eigenvalue weighted by molar-refractivity contribution is 7.16. The predicted octanol–water partition coefficient (Wildman–Crippen LogP) is 3.20. The largest absolute Gasteiger partial charge is 0.491 e. The summed E-state index contributed by atoms with van der Waals surface area (Å²) >= 11 is 1.32. The summed E-state index contributed by atoms with van der Waals surface area (Å²) < 4.78 is 16.1. The Morgan fingerprint density at radius 2 is 2.13 bits per heavy atom. The highest BCUT2D eigenvalue weighted by Gasteiger charge is 2.22. The fourth-order valence-corrected chi connectivity index (χ4v) is 3.33. The Labute approximate surface area is 180 Å². The summed E-state index contributed by atoms with van der Waals surface area (Å²) in [6, 6.07) is 1.45. The van der Waals surface area contributed by atoms with Gasteiger partial charge in [0.1, 0.15) is 4.88 Å². The number of hydrogen-bond donors (Lipinski definition) is 2. The van der Waals surface area contributed by atoms with Gasteiger partial charge in [0.15, 0.2) is 10.9 Å². The van der Waals surface area contributed by atoms with Crippen molar-refractivity contribution in [2.75, 3.05) is 32.7 Å². The fourth-order valence-electron chi connectivity index (χ4n) is 2.52. The number of carbonyl (C=O) groups is 1. The summed E-state index contributed by atoms with van der Waals surface area (Å²) in [5.74, 6) is 7.73. The number of pyridine rings is 1.